The molecule has 2 aromatic heterocycles. The van der Waals surface area contributed by atoms with Crippen LogP contribution < -0.4 is 14.9 Å². The second-order valence-corrected chi connectivity index (χ2v) is 6.91. The van der Waals surface area contributed by atoms with Gasteiger partial charge in [-0.25, -0.2) is 10.2 Å². The molecule has 0 aliphatic carbocycles. The fourth-order valence-corrected chi connectivity index (χ4v) is 2.95. The number of amides is 1. The molecule has 3 aromatic rings. The SMILES string of the molecule is COc1cc(/C=N\NC(=O)Cn2ccc(C(F)(F)F)n2)ccc1OC(=O)c1cccs1. The number of esters is 1. The quantitative estimate of drug-likeness (QED) is 0.257. The molecule has 1 amide bonds. The van der Waals surface area contributed by atoms with Crippen LogP contribution in [0, 0.1) is 0 Å². The molecule has 0 aliphatic heterocycles. The number of carbonyl (C=O) groups excluding carboxylic acids is 2. The average Bonchev–Trinajstić information content (AvgIpc) is 3.40. The Bertz CT molecular complexity index is 1090. The lowest BCUT2D eigenvalue weighted by molar-refractivity contribution is -0.141. The van der Waals surface area contributed by atoms with Gasteiger partial charge in [0.25, 0.3) is 5.91 Å². The van der Waals surface area contributed by atoms with Gasteiger partial charge >= 0.3 is 12.1 Å². The number of ether oxygens (including phenoxy) is 2. The van der Waals surface area contributed by atoms with Gasteiger partial charge in [0.15, 0.2) is 17.2 Å². The maximum Gasteiger partial charge on any atom is 0.435 e. The van der Waals surface area contributed by atoms with Crippen LogP contribution in [-0.2, 0) is 17.5 Å². The number of alkyl halides is 3. The zero-order chi connectivity index (χ0) is 22.4. The van der Waals surface area contributed by atoms with E-state index < -0.39 is 30.3 Å². The number of halogens is 3. The fraction of sp³-hybridized carbons (Fsp3) is 0.158. The summed E-state index contributed by atoms with van der Waals surface area (Å²) in [5, 5.41) is 8.79. The Kier molecular flexibility index (Phi) is 6.70. The highest BCUT2D eigenvalue weighted by Crippen LogP contribution is 2.29. The number of hydrazone groups is 1. The highest BCUT2D eigenvalue weighted by atomic mass is 32.1. The van der Waals surface area contributed by atoms with Crippen LogP contribution in [0.1, 0.15) is 20.9 Å². The smallest absolute Gasteiger partial charge is 0.435 e. The third kappa shape index (κ3) is 5.92. The van der Waals surface area contributed by atoms with Crippen molar-refractivity contribution >= 4 is 29.4 Å². The number of rotatable bonds is 7. The minimum Gasteiger partial charge on any atom is -0.493 e. The molecule has 162 valence electrons. The summed E-state index contributed by atoms with van der Waals surface area (Å²) >= 11 is 1.25. The van der Waals surface area contributed by atoms with Crippen molar-refractivity contribution in [1.29, 1.82) is 0 Å². The largest absolute Gasteiger partial charge is 0.493 e. The van der Waals surface area contributed by atoms with Gasteiger partial charge in [-0.3, -0.25) is 9.48 Å². The van der Waals surface area contributed by atoms with Crippen molar-refractivity contribution in [2.45, 2.75) is 12.7 Å². The van der Waals surface area contributed by atoms with Gasteiger partial charge in [-0.15, -0.1) is 11.3 Å². The molecule has 0 aliphatic rings. The first-order valence-corrected chi connectivity index (χ1v) is 9.50. The van der Waals surface area contributed by atoms with Crippen LogP contribution in [0.25, 0.3) is 0 Å². The molecule has 0 saturated heterocycles. The summed E-state index contributed by atoms with van der Waals surface area (Å²) in [7, 11) is 1.40. The van der Waals surface area contributed by atoms with Gasteiger partial charge in [0.1, 0.15) is 11.4 Å². The van der Waals surface area contributed by atoms with E-state index in [1.165, 1.54) is 36.8 Å². The van der Waals surface area contributed by atoms with Crippen molar-refractivity contribution in [2.24, 2.45) is 5.10 Å². The number of nitrogens with zero attached hydrogens (tertiary/aromatic N) is 3. The zero-order valence-corrected chi connectivity index (χ0v) is 16.7. The Morgan fingerprint density at radius 1 is 1.26 bits per heavy atom. The van der Waals surface area contributed by atoms with E-state index in [1.54, 1.807) is 23.6 Å². The van der Waals surface area contributed by atoms with E-state index in [0.29, 0.717) is 10.4 Å². The Morgan fingerprint density at radius 3 is 2.71 bits per heavy atom. The minimum absolute atomic E-state index is 0.209. The van der Waals surface area contributed by atoms with Gasteiger partial charge in [0, 0.05) is 6.20 Å². The van der Waals surface area contributed by atoms with Gasteiger partial charge in [0.05, 0.1) is 13.3 Å². The molecule has 1 aromatic carbocycles. The molecule has 0 atom stereocenters. The predicted octanol–water partition coefficient (Wildman–Crippen LogP) is 3.34. The average molecular weight is 452 g/mol. The van der Waals surface area contributed by atoms with E-state index in [4.69, 9.17) is 9.47 Å². The molecule has 2 heterocycles. The Labute approximate surface area is 177 Å². The molecule has 0 unspecified atom stereocenters. The molecular weight excluding hydrogens is 437 g/mol. The van der Waals surface area contributed by atoms with Crippen LogP contribution >= 0.6 is 11.3 Å². The maximum absolute atomic E-state index is 12.5. The van der Waals surface area contributed by atoms with E-state index >= 15 is 0 Å². The van der Waals surface area contributed by atoms with E-state index in [1.807, 2.05) is 0 Å². The van der Waals surface area contributed by atoms with Gasteiger partial charge in [-0.1, -0.05) is 6.07 Å². The molecule has 0 bridgehead atoms. The molecular formula is C19H15F3N4O4S. The number of hydrogen-bond acceptors (Lipinski definition) is 7. The lowest BCUT2D eigenvalue weighted by atomic mass is 10.2. The van der Waals surface area contributed by atoms with Crippen molar-refractivity contribution < 1.29 is 32.2 Å². The topological polar surface area (TPSA) is 94.8 Å². The summed E-state index contributed by atoms with van der Waals surface area (Å²) in [6.07, 6.45) is -2.23. The van der Waals surface area contributed by atoms with Gasteiger partial charge in [0.2, 0.25) is 0 Å². The summed E-state index contributed by atoms with van der Waals surface area (Å²) in [6.45, 7) is -0.436. The number of thiophene rings is 1. The molecule has 8 nitrogen and oxygen atoms in total. The van der Waals surface area contributed by atoms with Crippen molar-refractivity contribution in [3.8, 4) is 11.5 Å². The second-order valence-electron chi connectivity index (χ2n) is 5.97. The summed E-state index contributed by atoms with van der Waals surface area (Å²) in [4.78, 5) is 24.3. The van der Waals surface area contributed by atoms with Crippen LogP contribution in [0.5, 0.6) is 11.5 Å². The van der Waals surface area contributed by atoms with Crippen molar-refractivity contribution in [1.82, 2.24) is 15.2 Å². The Balaban J connectivity index is 1.58. The third-order valence-electron chi connectivity index (χ3n) is 3.75. The fourth-order valence-electron chi connectivity index (χ4n) is 2.36. The summed E-state index contributed by atoms with van der Waals surface area (Å²) in [5.41, 5.74) is 1.63. The monoisotopic (exact) mass is 452 g/mol. The van der Waals surface area contributed by atoms with E-state index in [-0.39, 0.29) is 11.5 Å². The van der Waals surface area contributed by atoms with E-state index in [2.05, 4.69) is 15.6 Å². The molecule has 31 heavy (non-hydrogen) atoms. The van der Waals surface area contributed by atoms with E-state index in [9.17, 15) is 22.8 Å². The zero-order valence-electron chi connectivity index (χ0n) is 15.9. The van der Waals surface area contributed by atoms with Crippen molar-refractivity contribution in [2.75, 3.05) is 7.11 Å². The summed E-state index contributed by atoms with van der Waals surface area (Å²) < 4.78 is 49.0. The molecule has 3 rings (SSSR count). The number of nitrogens with one attached hydrogen (secondary N) is 1. The standard InChI is InChI=1S/C19H15F3N4O4S/c1-29-14-9-12(4-5-13(14)30-18(28)15-3-2-8-31-15)10-23-24-17(27)11-26-7-6-16(25-26)19(20,21)22/h2-10H,11H2,1H3,(H,24,27)/b23-10-. The van der Waals surface area contributed by atoms with Crippen LogP contribution in [0.3, 0.4) is 0 Å². The molecule has 0 fully saturated rings. The molecule has 0 saturated carbocycles. The molecule has 0 radical (unpaired) electrons. The first-order valence-electron chi connectivity index (χ1n) is 8.62. The molecule has 12 heteroatoms. The van der Waals surface area contributed by atoms with Crippen molar-refractivity contribution in [3.63, 3.8) is 0 Å². The number of carbonyl (C=O) groups is 2. The second kappa shape index (κ2) is 9.43. The van der Waals surface area contributed by atoms with Crippen LogP contribution in [0.15, 0.2) is 53.1 Å². The van der Waals surface area contributed by atoms with Crippen LogP contribution in [0.4, 0.5) is 13.2 Å². The third-order valence-corrected chi connectivity index (χ3v) is 4.60. The van der Waals surface area contributed by atoms with Gasteiger partial charge in [-0.05, 0) is 41.3 Å². The van der Waals surface area contributed by atoms with Crippen LogP contribution in [-0.4, -0.2) is 35.0 Å². The minimum atomic E-state index is -4.58. The Morgan fingerprint density at radius 2 is 2.06 bits per heavy atom. The van der Waals surface area contributed by atoms with E-state index in [0.717, 1.165) is 16.9 Å². The number of hydrogen-bond donors (Lipinski definition) is 1. The first-order chi connectivity index (χ1) is 14.8. The van der Waals surface area contributed by atoms with Gasteiger partial charge in [-0.2, -0.15) is 23.4 Å². The lowest BCUT2D eigenvalue weighted by Gasteiger charge is -2.09. The first kappa shape index (κ1) is 22.0. The maximum atomic E-state index is 12.5. The van der Waals surface area contributed by atoms with Crippen LogP contribution in [0.2, 0.25) is 0 Å². The number of aromatic nitrogens is 2. The predicted molar refractivity (Wildman–Crippen MR) is 105 cm³/mol. The normalized spacial score (nSPS) is 11.5. The summed E-state index contributed by atoms with van der Waals surface area (Å²) in [5.74, 6) is -0.700. The molecule has 1 N–H and O–H groups in total. The number of benzene rings is 1. The Hall–Kier alpha value is -3.67. The highest BCUT2D eigenvalue weighted by Gasteiger charge is 2.33. The lowest BCUT2D eigenvalue weighted by Crippen LogP contribution is -2.23. The summed E-state index contributed by atoms with van der Waals surface area (Å²) in [6, 6.07) is 8.77. The van der Waals surface area contributed by atoms with Crippen molar-refractivity contribution in [3.05, 3.63) is 64.1 Å². The highest BCUT2D eigenvalue weighted by molar-refractivity contribution is 7.12. The number of methoxy groups -OCH3 is 1. The van der Waals surface area contributed by atoms with Gasteiger partial charge < -0.3 is 9.47 Å². The molecule has 0 spiro atoms.